The molecular weight excluding hydrogens is 374 g/mol. The van der Waals surface area contributed by atoms with Gasteiger partial charge in [-0.3, -0.25) is 4.79 Å². The minimum absolute atomic E-state index is 0.109. The van der Waals surface area contributed by atoms with E-state index in [0.29, 0.717) is 29.6 Å². The molecule has 1 N–H and O–H groups in total. The molecule has 0 aliphatic carbocycles. The van der Waals surface area contributed by atoms with Crippen LogP contribution in [0, 0.1) is 0 Å². The zero-order valence-corrected chi connectivity index (χ0v) is 16.5. The second-order valence-corrected chi connectivity index (χ2v) is 6.15. The third kappa shape index (κ3) is 5.25. The van der Waals surface area contributed by atoms with Crippen LogP contribution in [0.25, 0.3) is 11.4 Å². The van der Waals surface area contributed by atoms with Gasteiger partial charge in [-0.25, -0.2) is 0 Å². The maximum atomic E-state index is 12.5. The Balaban J connectivity index is 1.58. The lowest BCUT2D eigenvalue weighted by Gasteiger charge is -2.16. The Labute approximate surface area is 168 Å². The van der Waals surface area contributed by atoms with Gasteiger partial charge in [-0.1, -0.05) is 24.2 Å². The average Bonchev–Trinajstić information content (AvgIpc) is 3.25. The van der Waals surface area contributed by atoms with Crippen LogP contribution in [0.1, 0.15) is 19.2 Å². The Morgan fingerprint density at radius 2 is 1.79 bits per heavy atom. The number of carbonyl (C=O) groups is 1. The number of nitrogens with zero attached hydrogens (tertiary/aromatic N) is 2. The van der Waals surface area contributed by atoms with Gasteiger partial charge in [0.15, 0.2) is 6.10 Å². The van der Waals surface area contributed by atoms with Gasteiger partial charge in [0.25, 0.3) is 5.91 Å². The molecule has 2 aromatic carbocycles. The van der Waals surface area contributed by atoms with Crippen LogP contribution < -0.4 is 19.5 Å². The molecule has 0 fully saturated rings. The van der Waals surface area contributed by atoms with E-state index in [0.717, 1.165) is 11.3 Å². The first kappa shape index (κ1) is 20.2. The summed E-state index contributed by atoms with van der Waals surface area (Å²) in [4.78, 5) is 16.8. The van der Waals surface area contributed by atoms with Gasteiger partial charge in [0, 0.05) is 5.56 Å². The fourth-order valence-electron chi connectivity index (χ4n) is 2.62. The van der Waals surface area contributed by atoms with Crippen molar-refractivity contribution in [1.82, 2.24) is 15.5 Å². The number of carbonyl (C=O) groups excluding carboxylic acids is 1. The predicted molar refractivity (Wildman–Crippen MR) is 106 cm³/mol. The molecule has 8 nitrogen and oxygen atoms in total. The number of ether oxygens (including phenoxy) is 3. The normalized spacial score (nSPS) is 11.6. The molecule has 1 heterocycles. The second-order valence-electron chi connectivity index (χ2n) is 6.15. The van der Waals surface area contributed by atoms with Gasteiger partial charge >= 0.3 is 0 Å². The highest BCUT2D eigenvalue weighted by Gasteiger charge is 2.19. The Morgan fingerprint density at radius 3 is 2.48 bits per heavy atom. The third-order valence-electron chi connectivity index (χ3n) is 4.21. The summed E-state index contributed by atoms with van der Waals surface area (Å²) in [6.07, 6.45) is -0.124. The van der Waals surface area contributed by atoms with Crippen molar-refractivity contribution in [2.45, 2.75) is 26.0 Å². The zero-order valence-electron chi connectivity index (χ0n) is 16.5. The molecule has 3 rings (SSSR count). The van der Waals surface area contributed by atoms with E-state index >= 15 is 0 Å². The van der Waals surface area contributed by atoms with Crippen molar-refractivity contribution in [2.24, 2.45) is 0 Å². The fourth-order valence-corrected chi connectivity index (χ4v) is 2.62. The largest absolute Gasteiger partial charge is 0.497 e. The van der Waals surface area contributed by atoms with Crippen LogP contribution >= 0.6 is 0 Å². The summed E-state index contributed by atoms with van der Waals surface area (Å²) in [5.41, 5.74) is 0.764. The number of amides is 1. The van der Waals surface area contributed by atoms with Gasteiger partial charge in [0.1, 0.15) is 17.2 Å². The first-order valence-corrected chi connectivity index (χ1v) is 9.18. The quantitative estimate of drug-likeness (QED) is 0.592. The molecule has 3 aromatic rings. The predicted octanol–water partition coefficient (Wildman–Crippen LogP) is 3.23. The molecule has 8 heteroatoms. The van der Waals surface area contributed by atoms with Gasteiger partial charge in [0.2, 0.25) is 11.7 Å². The van der Waals surface area contributed by atoms with E-state index in [1.54, 1.807) is 38.5 Å². The van der Waals surface area contributed by atoms with E-state index in [2.05, 4.69) is 15.5 Å². The molecule has 1 atom stereocenters. The lowest BCUT2D eigenvalue weighted by atomic mass is 10.2. The topological polar surface area (TPSA) is 95.7 Å². The lowest BCUT2D eigenvalue weighted by molar-refractivity contribution is -0.128. The fraction of sp³-hybridized carbons (Fsp3) is 0.286. The van der Waals surface area contributed by atoms with Gasteiger partial charge in [0.05, 0.1) is 20.8 Å². The molecule has 0 aliphatic rings. The summed E-state index contributed by atoms with van der Waals surface area (Å²) in [6, 6.07) is 14.4. The summed E-state index contributed by atoms with van der Waals surface area (Å²) in [5, 5.41) is 6.72. The highest BCUT2D eigenvalue weighted by molar-refractivity contribution is 5.81. The SMILES string of the molecule is CC[C@H](Oc1ccc(OC)cc1)C(=O)NCc1nc(-c2cccc(OC)c2)no1. The molecule has 1 aromatic heterocycles. The Morgan fingerprint density at radius 1 is 1.07 bits per heavy atom. The number of hydrogen-bond acceptors (Lipinski definition) is 7. The van der Waals surface area contributed by atoms with Crippen LogP contribution in [0.4, 0.5) is 0 Å². The molecule has 0 saturated carbocycles. The Kier molecular flexibility index (Phi) is 6.67. The molecule has 0 aliphatic heterocycles. The molecule has 0 radical (unpaired) electrons. The first-order chi connectivity index (χ1) is 14.1. The molecule has 0 bridgehead atoms. The molecule has 152 valence electrons. The van der Waals surface area contributed by atoms with Crippen LogP contribution in [0.15, 0.2) is 53.1 Å². The lowest BCUT2D eigenvalue weighted by Crippen LogP contribution is -2.37. The van der Waals surface area contributed by atoms with E-state index < -0.39 is 6.10 Å². The number of benzene rings is 2. The van der Waals surface area contributed by atoms with Crippen LogP contribution in [0.2, 0.25) is 0 Å². The van der Waals surface area contributed by atoms with Crippen LogP contribution in [-0.2, 0) is 11.3 Å². The van der Waals surface area contributed by atoms with E-state index in [1.165, 1.54) is 0 Å². The van der Waals surface area contributed by atoms with Crippen molar-refractivity contribution in [3.63, 3.8) is 0 Å². The number of rotatable bonds is 9. The number of hydrogen-bond donors (Lipinski definition) is 1. The highest BCUT2D eigenvalue weighted by atomic mass is 16.5. The van der Waals surface area contributed by atoms with Crippen molar-refractivity contribution in [1.29, 1.82) is 0 Å². The summed E-state index contributed by atoms with van der Waals surface area (Å²) in [6.45, 7) is 1.99. The van der Waals surface area contributed by atoms with E-state index in [4.69, 9.17) is 18.7 Å². The minimum Gasteiger partial charge on any atom is -0.497 e. The number of nitrogens with one attached hydrogen (secondary N) is 1. The number of methoxy groups -OCH3 is 2. The van der Waals surface area contributed by atoms with E-state index in [9.17, 15) is 4.79 Å². The molecule has 29 heavy (non-hydrogen) atoms. The maximum Gasteiger partial charge on any atom is 0.261 e. The monoisotopic (exact) mass is 397 g/mol. The molecule has 1 amide bonds. The first-order valence-electron chi connectivity index (χ1n) is 9.18. The van der Waals surface area contributed by atoms with Gasteiger partial charge in [-0.2, -0.15) is 4.98 Å². The molecule has 0 spiro atoms. The Hall–Kier alpha value is -3.55. The van der Waals surface area contributed by atoms with Gasteiger partial charge in [-0.05, 0) is 42.8 Å². The van der Waals surface area contributed by atoms with Crippen LogP contribution in [0.3, 0.4) is 0 Å². The van der Waals surface area contributed by atoms with Gasteiger partial charge in [-0.15, -0.1) is 0 Å². The second kappa shape index (κ2) is 9.59. The standard InChI is InChI=1S/C21H23N3O5/c1-4-18(28-16-10-8-15(26-2)9-11-16)21(25)22-13-19-23-20(24-29-19)14-6-5-7-17(12-14)27-3/h5-12,18H,4,13H2,1-3H3,(H,22,25)/t18-/m0/s1. The van der Waals surface area contributed by atoms with E-state index in [1.807, 2.05) is 31.2 Å². The van der Waals surface area contributed by atoms with Crippen molar-refractivity contribution >= 4 is 5.91 Å². The van der Waals surface area contributed by atoms with Crippen molar-refractivity contribution in [2.75, 3.05) is 14.2 Å². The Bertz CT molecular complexity index is 939. The van der Waals surface area contributed by atoms with Crippen LogP contribution in [0.5, 0.6) is 17.2 Å². The van der Waals surface area contributed by atoms with Crippen molar-refractivity contribution in [3.05, 3.63) is 54.4 Å². The van der Waals surface area contributed by atoms with Crippen molar-refractivity contribution in [3.8, 4) is 28.6 Å². The molecule has 0 saturated heterocycles. The summed E-state index contributed by atoms with van der Waals surface area (Å²) in [7, 11) is 3.18. The van der Waals surface area contributed by atoms with Crippen LogP contribution in [-0.4, -0.2) is 36.4 Å². The minimum atomic E-state index is -0.635. The zero-order chi connectivity index (χ0) is 20.6. The summed E-state index contributed by atoms with van der Waals surface area (Å²) in [5.74, 6) is 2.47. The third-order valence-corrected chi connectivity index (χ3v) is 4.21. The maximum absolute atomic E-state index is 12.5. The van der Waals surface area contributed by atoms with E-state index in [-0.39, 0.29) is 12.5 Å². The average molecular weight is 397 g/mol. The smallest absolute Gasteiger partial charge is 0.261 e. The molecule has 0 unspecified atom stereocenters. The van der Waals surface area contributed by atoms with Gasteiger partial charge < -0.3 is 24.1 Å². The number of aromatic nitrogens is 2. The summed E-state index contributed by atoms with van der Waals surface area (Å²) < 4.78 is 21.3. The molecular formula is C21H23N3O5. The summed E-state index contributed by atoms with van der Waals surface area (Å²) >= 11 is 0. The van der Waals surface area contributed by atoms with Crippen molar-refractivity contribution < 1.29 is 23.5 Å². The highest BCUT2D eigenvalue weighted by Crippen LogP contribution is 2.21.